The van der Waals surface area contributed by atoms with Gasteiger partial charge in [0, 0.05) is 21.8 Å². The summed E-state index contributed by atoms with van der Waals surface area (Å²) in [5.41, 5.74) is 0.266. The summed E-state index contributed by atoms with van der Waals surface area (Å²) in [6.45, 7) is 3.88. The summed E-state index contributed by atoms with van der Waals surface area (Å²) in [5, 5.41) is 18.1. The third-order valence-electron chi connectivity index (χ3n) is 3.13. The molecule has 1 unspecified atom stereocenters. The van der Waals surface area contributed by atoms with Crippen molar-refractivity contribution in [2.24, 2.45) is 0 Å². The van der Waals surface area contributed by atoms with Crippen LogP contribution >= 0.6 is 23.2 Å². The van der Waals surface area contributed by atoms with Crippen LogP contribution in [0.5, 0.6) is 0 Å². The maximum Gasteiger partial charge on any atom is 0.353 e. The van der Waals surface area contributed by atoms with Crippen LogP contribution in [-0.4, -0.2) is 20.9 Å². The van der Waals surface area contributed by atoms with E-state index in [1.165, 1.54) is 6.33 Å². The number of halogens is 2. The largest absolute Gasteiger partial charge is 0.362 e. The fraction of sp³-hybridized carbons (Fsp3) is 0.286. The molecule has 1 aromatic heterocycles. The van der Waals surface area contributed by atoms with E-state index < -0.39 is 4.92 Å². The molecule has 0 aliphatic rings. The molecule has 0 saturated carbocycles. The highest BCUT2D eigenvalue weighted by Crippen LogP contribution is 2.33. The van der Waals surface area contributed by atoms with Gasteiger partial charge < -0.3 is 10.6 Å². The topological polar surface area (TPSA) is 93.0 Å². The normalized spacial score (nSPS) is 11.8. The van der Waals surface area contributed by atoms with Crippen molar-refractivity contribution in [2.45, 2.75) is 26.3 Å². The van der Waals surface area contributed by atoms with E-state index >= 15 is 0 Å². The van der Waals surface area contributed by atoms with Gasteiger partial charge in [-0.05, 0) is 31.5 Å². The van der Waals surface area contributed by atoms with E-state index in [4.69, 9.17) is 23.2 Å². The molecule has 122 valence electrons. The Morgan fingerprint density at radius 1 is 1.22 bits per heavy atom. The Morgan fingerprint density at radius 3 is 2.39 bits per heavy atom. The van der Waals surface area contributed by atoms with Crippen molar-refractivity contribution in [1.82, 2.24) is 9.97 Å². The lowest BCUT2D eigenvalue weighted by Gasteiger charge is -2.14. The molecule has 0 bridgehead atoms. The van der Waals surface area contributed by atoms with Crippen LogP contribution in [0.15, 0.2) is 24.5 Å². The van der Waals surface area contributed by atoms with E-state index in [2.05, 4.69) is 20.6 Å². The Hall–Kier alpha value is -2.12. The third kappa shape index (κ3) is 4.43. The monoisotopic (exact) mass is 355 g/mol. The minimum Gasteiger partial charge on any atom is -0.362 e. The zero-order valence-corrected chi connectivity index (χ0v) is 14.0. The number of nitro groups is 1. The molecule has 1 heterocycles. The summed E-state index contributed by atoms with van der Waals surface area (Å²) in [7, 11) is 0. The maximum atomic E-state index is 11.4. The average molecular weight is 356 g/mol. The number of nitrogens with zero attached hydrogens (tertiary/aromatic N) is 3. The summed E-state index contributed by atoms with van der Waals surface area (Å²) < 4.78 is 0. The Labute approximate surface area is 143 Å². The molecule has 9 heteroatoms. The molecule has 23 heavy (non-hydrogen) atoms. The summed E-state index contributed by atoms with van der Waals surface area (Å²) in [4.78, 5) is 18.8. The Kier molecular flexibility index (Phi) is 5.57. The second-order valence-corrected chi connectivity index (χ2v) is 5.79. The maximum absolute atomic E-state index is 11.4. The van der Waals surface area contributed by atoms with E-state index in [-0.39, 0.29) is 23.4 Å². The van der Waals surface area contributed by atoms with Crippen LogP contribution in [0.25, 0.3) is 0 Å². The van der Waals surface area contributed by atoms with Crippen molar-refractivity contribution >= 4 is 46.2 Å². The van der Waals surface area contributed by atoms with Crippen molar-refractivity contribution in [1.29, 1.82) is 0 Å². The van der Waals surface area contributed by atoms with Crippen molar-refractivity contribution in [3.8, 4) is 0 Å². The molecule has 0 amide bonds. The molecule has 7 nitrogen and oxygen atoms in total. The van der Waals surface area contributed by atoms with Crippen LogP contribution in [0.2, 0.25) is 10.0 Å². The molecule has 0 aliphatic carbocycles. The number of nitrogens with one attached hydrogen (secondary N) is 2. The number of hydrogen-bond donors (Lipinski definition) is 2. The zero-order valence-electron chi connectivity index (χ0n) is 12.5. The SMILES string of the molecule is CCC(C)Nc1ncnc(Nc2cc(Cl)cc(Cl)c2)c1[N+](=O)[O-]. The van der Waals surface area contributed by atoms with E-state index in [1.807, 2.05) is 13.8 Å². The van der Waals surface area contributed by atoms with Gasteiger partial charge in [0.05, 0.1) is 4.92 Å². The Morgan fingerprint density at radius 2 is 1.83 bits per heavy atom. The number of anilines is 3. The van der Waals surface area contributed by atoms with E-state index in [9.17, 15) is 10.1 Å². The van der Waals surface area contributed by atoms with Gasteiger partial charge in [-0.3, -0.25) is 10.1 Å². The van der Waals surface area contributed by atoms with Crippen LogP contribution in [0.4, 0.5) is 23.0 Å². The van der Waals surface area contributed by atoms with Gasteiger partial charge in [0.1, 0.15) is 6.33 Å². The Balaban J connectivity index is 2.41. The molecule has 2 N–H and O–H groups in total. The molecule has 0 saturated heterocycles. The van der Waals surface area contributed by atoms with Gasteiger partial charge in [-0.25, -0.2) is 9.97 Å². The highest BCUT2D eigenvalue weighted by molar-refractivity contribution is 6.35. The fourth-order valence-electron chi connectivity index (χ4n) is 1.85. The van der Waals surface area contributed by atoms with Crippen LogP contribution in [-0.2, 0) is 0 Å². The number of rotatable bonds is 6. The molecular weight excluding hydrogens is 341 g/mol. The van der Waals surface area contributed by atoms with Gasteiger partial charge in [-0.1, -0.05) is 30.1 Å². The van der Waals surface area contributed by atoms with Gasteiger partial charge in [0.15, 0.2) is 0 Å². The quantitative estimate of drug-likeness (QED) is 0.578. The van der Waals surface area contributed by atoms with Gasteiger partial charge >= 0.3 is 5.69 Å². The molecule has 0 fully saturated rings. The second-order valence-electron chi connectivity index (χ2n) is 4.91. The van der Waals surface area contributed by atoms with Crippen molar-refractivity contribution in [3.63, 3.8) is 0 Å². The standard InChI is InChI=1S/C14H15Cl2N5O2/c1-3-8(2)19-13-12(21(22)23)14(18-7-17-13)20-11-5-9(15)4-10(16)6-11/h4-8H,3H2,1-2H3,(H2,17,18,19,20). The Bertz CT molecular complexity index is 706. The molecule has 2 aromatic rings. The average Bonchev–Trinajstić information content (AvgIpc) is 2.45. The summed E-state index contributed by atoms with van der Waals surface area (Å²) >= 11 is 11.9. The first-order chi connectivity index (χ1) is 10.9. The van der Waals surface area contributed by atoms with Gasteiger partial charge in [0.25, 0.3) is 0 Å². The lowest BCUT2D eigenvalue weighted by atomic mass is 10.2. The van der Waals surface area contributed by atoms with E-state index in [1.54, 1.807) is 18.2 Å². The van der Waals surface area contributed by atoms with Crippen LogP contribution in [0.3, 0.4) is 0 Å². The molecule has 0 aliphatic heterocycles. The summed E-state index contributed by atoms with van der Waals surface area (Å²) in [5.74, 6) is 0.226. The lowest BCUT2D eigenvalue weighted by molar-refractivity contribution is -0.383. The molecule has 0 radical (unpaired) electrons. The third-order valence-corrected chi connectivity index (χ3v) is 3.56. The predicted molar refractivity (Wildman–Crippen MR) is 91.8 cm³/mol. The molecule has 1 aromatic carbocycles. The van der Waals surface area contributed by atoms with Crippen molar-refractivity contribution in [3.05, 3.63) is 44.7 Å². The lowest BCUT2D eigenvalue weighted by Crippen LogP contribution is -2.16. The molecule has 2 rings (SSSR count). The highest BCUT2D eigenvalue weighted by atomic mass is 35.5. The summed E-state index contributed by atoms with van der Waals surface area (Å²) in [6, 6.07) is 4.80. The van der Waals surface area contributed by atoms with Gasteiger partial charge in [-0.15, -0.1) is 0 Å². The first-order valence-electron chi connectivity index (χ1n) is 6.89. The van der Waals surface area contributed by atoms with E-state index in [0.717, 1.165) is 6.42 Å². The number of aromatic nitrogens is 2. The second kappa shape index (κ2) is 7.43. The smallest absolute Gasteiger partial charge is 0.353 e. The van der Waals surface area contributed by atoms with Gasteiger partial charge in [0.2, 0.25) is 11.6 Å². The van der Waals surface area contributed by atoms with Gasteiger partial charge in [-0.2, -0.15) is 0 Å². The van der Waals surface area contributed by atoms with Crippen LogP contribution in [0.1, 0.15) is 20.3 Å². The first-order valence-corrected chi connectivity index (χ1v) is 7.65. The summed E-state index contributed by atoms with van der Waals surface area (Å²) in [6.07, 6.45) is 2.06. The minimum absolute atomic E-state index is 0.0389. The first kappa shape index (κ1) is 17.2. The number of benzene rings is 1. The molecular formula is C14H15Cl2N5O2. The van der Waals surface area contributed by atoms with Crippen molar-refractivity contribution < 1.29 is 4.92 Å². The molecule has 0 spiro atoms. The van der Waals surface area contributed by atoms with Crippen LogP contribution < -0.4 is 10.6 Å². The van der Waals surface area contributed by atoms with Crippen molar-refractivity contribution in [2.75, 3.05) is 10.6 Å². The fourth-order valence-corrected chi connectivity index (χ4v) is 2.37. The van der Waals surface area contributed by atoms with Crippen LogP contribution in [0, 0.1) is 10.1 Å². The minimum atomic E-state index is -0.529. The number of hydrogen-bond acceptors (Lipinski definition) is 6. The van der Waals surface area contributed by atoms with E-state index in [0.29, 0.717) is 15.7 Å². The highest BCUT2D eigenvalue weighted by Gasteiger charge is 2.24. The zero-order chi connectivity index (χ0) is 17.0. The molecule has 1 atom stereocenters. The predicted octanol–water partition coefficient (Wildman–Crippen LogP) is 4.65.